The van der Waals surface area contributed by atoms with Crippen LogP contribution in [0.2, 0.25) is 0 Å². The molecule has 20 heavy (non-hydrogen) atoms. The number of rotatable bonds is 7. The molecular weight excluding hydrogens is 242 g/mol. The first-order chi connectivity index (χ1) is 9.47. The van der Waals surface area contributed by atoms with Crippen LogP contribution in [-0.4, -0.2) is 7.05 Å². The van der Waals surface area contributed by atoms with Crippen LogP contribution in [0.25, 0.3) is 0 Å². The fourth-order valence-electron chi connectivity index (χ4n) is 3.55. The highest BCUT2D eigenvalue weighted by Gasteiger charge is 2.24. The van der Waals surface area contributed by atoms with Gasteiger partial charge >= 0.3 is 0 Å². The molecule has 1 unspecified atom stereocenters. The van der Waals surface area contributed by atoms with Crippen LogP contribution in [0.4, 0.5) is 0 Å². The fraction of sp³-hybridized carbons (Fsp3) is 0.684. The van der Waals surface area contributed by atoms with Gasteiger partial charge in [0.2, 0.25) is 0 Å². The van der Waals surface area contributed by atoms with Crippen molar-refractivity contribution in [2.24, 2.45) is 5.92 Å². The average molecular weight is 275 g/mol. The van der Waals surface area contributed by atoms with Crippen molar-refractivity contribution in [3.05, 3.63) is 33.9 Å². The molecule has 0 aliphatic heterocycles. The zero-order valence-electron chi connectivity index (χ0n) is 14.6. The molecule has 0 radical (unpaired) electrons. The molecule has 1 N–H and O–H groups in total. The Balaban J connectivity index is 3.29. The molecule has 0 saturated carbocycles. The number of hydrogen-bond donors (Lipinski definition) is 1. The second-order valence-corrected chi connectivity index (χ2v) is 6.28. The molecule has 0 saturated heterocycles. The summed E-state index contributed by atoms with van der Waals surface area (Å²) in [4.78, 5) is 0. The van der Waals surface area contributed by atoms with Gasteiger partial charge in [-0.15, -0.1) is 0 Å². The van der Waals surface area contributed by atoms with Gasteiger partial charge in [0.25, 0.3) is 0 Å². The highest BCUT2D eigenvalue weighted by atomic mass is 14.9. The summed E-state index contributed by atoms with van der Waals surface area (Å²) in [6.45, 7) is 13.7. The van der Waals surface area contributed by atoms with Gasteiger partial charge in [-0.3, -0.25) is 0 Å². The molecule has 1 aromatic carbocycles. The van der Waals surface area contributed by atoms with E-state index in [4.69, 9.17) is 0 Å². The summed E-state index contributed by atoms with van der Waals surface area (Å²) < 4.78 is 0. The van der Waals surface area contributed by atoms with Crippen molar-refractivity contribution < 1.29 is 0 Å². The SMILES string of the molecule is CCCC(CCC)C(NC)c1c(C)c(C)cc(C)c1C. The van der Waals surface area contributed by atoms with E-state index in [-0.39, 0.29) is 0 Å². The van der Waals surface area contributed by atoms with E-state index in [1.54, 1.807) is 5.56 Å². The summed E-state index contributed by atoms with van der Waals surface area (Å²) in [6, 6.07) is 2.82. The quantitative estimate of drug-likeness (QED) is 0.703. The van der Waals surface area contributed by atoms with Crippen LogP contribution >= 0.6 is 0 Å². The number of aryl methyl sites for hydroxylation is 2. The van der Waals surface area contributed by atoms with Crippen LogP contribution < -0.4 is 5.32 Å². The number of benzene rings is 1. The predicted molar refractivity (Wildman–Crippen MR) is 90.5 cm³/mol. The summed E-state index contributed by atoms with van der Waals surface area (Å²) >= 11 is 0. The third kappa shape index (κ3) is 3.63. The minimum absolute atomic E-state index is 0.494. The van der Waals surface area contributed by atoms with Crippen molar-refractivity contribution in [3.63, 3.8) is 0 Å². The van der Waals surface area contributed by atoms with Crippen molar-refractivity contribution >= 4 is 0 Å². The Morgan fingerprint density at radius 3 is 1.70 bits per heavy atom. The van der Waals surface area contributed by atoms with E-state index in [1.807, 2.05) is 0 Å². The molecular formula is C19H33N. The third-order valence-corrected chi connectivity index (χ3v) is 4.84. The van der Waals surface area contributed by atoms with Crippen molar-refractivity contribution in [1.82, 2.24) is 5.32 Å². The Kier molecular flexibility index (Phi) is 6.75. The maximum absolute atomic E-state index is 3.62. The fourth-order valence-corrected chi connectivity index (χ4v) is 3.55. The highest BCUT2D eigenvalue weighted by Crippen LogP contribution is 2.35. The minimum Gasteiger partial charge on any atom is -0.313 e. The van der Waals surface area contributed by atoms with Gasteiger partial charge in [0.05, 0.1) is 0 Å². The lowest BCUT2D eigenvalue weighted by molar-refractivity contribution is 0.329. The van der Waals surface area contributed by atoms with E-state index in [0.29, 0.717) is 6.04 Å². The van der Waals surface area contributed by atoms with Crippen LogP contribution in [-0.2, 0) is 0 Å². The normalized spacial score (nSPS) is 13.0. The van der Waals surface area contributed by atoms with Crippen molar-refractivity contribution in [2.75, 3.05) is 7.05 Å². The van der Waals surface area contributed by atoms with E-state index in [0.717, 1.165) is 5.92 Å². The van der Waals surface area contributed by atoms with Gasteiger partial charge in [-0.1, -0.05) is 32.8 Å². The lowest BCUT2D eigenvalue weighted by Gasteiger charge is -2.31. The summed E-state index contributed by atoms with van der Waals surface area (Å²) in [6.07, 6.45) is 5.16. The molecule has 114 valence electrons. The predicted octanol–water partition coefficient (Wildman–Crippen LogP) is 5.40. The first-order valence-electron chi connectivity index (χ1n) is 8.22. The van der Waals surface area contributed by atoms with Gasteiger partial charge in [-0.2, -0.15) is 0 Å². The van der Waals surface area contributed by atoms with Gasteiger partial charge in [0.15, 0.2) is 0 Å². The van der Waals surface area contributed by atoms with Gasteiger partial charge in [-0.25, -0.2) is 0 Å². The largest absolute Gasteiger partial charge is 0.313 e. The Morgan fingerprint density at radius 2 is 1.35 bits per heavy atom. The van der Waals surface area contributed by atoms with Crippen LogP contribution in [0.3, 0.4) is 0 Å². The summed E-state index contributed by atoms with van der Waals surface area (Å²) in [5, 5.41) is 3.62. The molecule has 1 atom stereocenters. The van der Waals surface area contributed by atoms with Crippen LogP contribution in [0, 0.1) is 33.6 Å². The molecule has 0 bridgehead atoms. The lowest BCUT2D eigenvalue weighted by Crippen LogP contribution is -2.27. The monoisotopic (exact) mass is 275 g/mol. The smallest absolute Gasteiger partial charge is 0.0351 e. The van der Waals surface area contributed by atoms with Crippen LogP contribution in [0.15, 0.2) is 6.07 Å². The summed E-state index contributed by atoms with van der Waals surface area (Å²) in [7, 11) is 2.12. The Bertz CT molecular complexity index is 402. The molecule has 0 heterocycles. The summed E-state index contributed by atoms with van der Waals surface area (Å²) in [5.74, 6) is 0.744. The number of hydrogen-bond acceptors (Lipinski definition) is 1. The average Bonchev–Trinajstić information content (AvgIpc) is 2.41. The molecule has 1 heteroatoms. The zero-order chi connectivity index (χ0) is 15.3. The third-order valence-electron chi connectivity index (χ3n) is 4.84. The maximum atomic E-state index is 3.62. The van der Waals surface area contributed by atoms with Crippen LogP contribution in [0.5, 0.6) is 0 Å². The van der Waals surface area contributed by atoms with Crippen molar-refractivity contribution in [1.29, 1.82) is 0 Å². The van der Waals surface area contributed by atoms with Gasteiger partial charge in [0, 0.05) is 6.04 Å². The second kappa shape index (κ2) is 7.83. The lowest BCUT2D eigenvalue weighted by atomic mass is 9.80. The van der Waals surface area contributed by atoms with Crippen molar-refractivity contribution in [2.45, 2.75) is 73.3 Å². The van der Waals surface area contributed by atoms with Crippen molar-refractivity contribution in [3.8, 4) is 0 Å². The summed E-state index contributed by atoms with van der Waals surface area (Å²) in [5.41, 5.74) is 7.36. The molecule has 0 aliphatic rings. The molecule has 0 aromatic heterocycles. The van der Waals surface area contributed by atoms with Gasteiger partial charge in [0.1, 0.15) is 0 Å². The van der Waals surface area contributed by atoms with E-state index in [2.05, 4.69) is 60.0 Å². The zero-order valence-corrected chi connectivity index (χ0v) is 14.6. The molecule has 0 aliphatic carbocycles. The Morgan fingerprint density at radius 1 is 0.900 bits per heavy atom. The van der Waals surface area contributed by atoms with E-state index in [9.17, 15) is 0 Å². The van der Waals surface area contributed by atoms with E-state index >= 15 is 0 Å². The minimum atomic E-state index is 0.494. The molecule has 1 aromatic rings. The first-order valence-corrected chi connectivity index (χ1v) is 8.22. The molecule has 0 amide bonds. The highest BCUT2D eigenvalue weighted by molar-refractivity contribution is 5.46. The van der Waals surface area contributed by atoms with Crippen LogP contribution in [0.1, 0.15) is 73.4 Å². The topological polar surface area (TPSA) is 12.0 Å². The van der Waals surface area contributed by atoms with Gasteiger partial charge in [-0.05, 0) is 81.3 Å². The first kappa shape index (κ1) is 17.2. The van der Waals surface area contributed by atoms with E-state index < -0.39 is 0 Å². The molecule has 1 rings (SSSR count). The Hall–Kier alpha value is -0.820. The number of nitrogens with one attached hydrogen (secondary N) is 1. The molecule has 1 nitrogen and oxygen atoms in total. The van der Waals surface area contributed by atoms with E-state index in [1.165, 1.54) is 47.9 Å². The molecule has 0 spiro atoms. The standard InChI is InChI=1S/C19H33N/c1-8-10-17(11-9-2)19(20-7)18-15(5)13(3)12-14(4)16(18)6/h12,17,19-20H,8-11H2,1-7H3. The maximum Gasteiger partial charge on any atom is 0.0351 e. The second-order valence-electron chi connectivity index (χ2n) is 6.28. The molecule has 0 fully saturated rings. The Labute approximate surface area is 126 Å². The van der Waals surface area contributed by atoms with Gasteiger partial charge < -0.3 is 5.32 Å².